The number of hydrogen-bond donors (Lipinski definition) is 2. The molecule has 2 nitrogen and oxygen atoms in total. The maximum absolute atomic E-state index is 5.63. The van der Waals surface area contributed by atoms with Crippen molar-refractivity contribution in [1.82, 2.24) is 5.32 Å². The van der Waals surface area contributed by atoms with E-state index in [-0.39, 0.29) is 5.54 Å². The molecular weight excluding hydrogens is 196 g/mol. The van der Waals surface area contributed by atoms with Crippen LogP contribution in [0.4, 0.5) is 0 Å². The van der Waals surface area contributed by atoms with Crippen LogP contribution in [0.2, 0.25) is 0 Å². The van der Waals surface area contributed by atoms with E-state index in [1.54, 1.807) is 0 Å². The summed E-state index contributed by atoms with van der Waals surface area (Å²) in [6.07, 6.45) is 0. The summed E-state index contributed by atoms with van der Waals surface area (Å²) in [5.41, 5.74) is 8.29. The molecule has 0 saturated carbocycles. The first-order valence-electron chi connectivity index (χ1n) is 5.98. The van der Waals surface area contributed by atoms with Gasteiger partial charge in [-0.1, -0.05) is 38.1 Å². The molecule has 16 heavy (non-hydrogen) atoms. The first-order valence-corrected chi connectivity index (χ1v) is 5.98. The Morgan fingerprint density at radius 2 is 1.88 bits per heavy atom. The van der Waals surface area contributed by atoms with Gasteiger partial charge in [0.1, 0.15) is 0 Å². The Kier molecular flexibility index (Phi) is 4.51. The van der Waals surface area contributed by atoms with Crippen LogP contribution in [-0.4, -0.2) is 5.54 Å². The second-order valence-electron chi connectivity index (χ2n) is 5.25. The number of hydrogen-bond acceptors (Lipinski definition) is 2. The number of nitrogens with one attached hydrogen (secondary N) is 1. The summed E-state index contributed by atoms with van der Waals surface area (Å²) >= 11 is 0. The van der Waals surface area contributed by atoms with Crippen molar-refractivity contribution in [2.24, 2.45) is 11.7 Å². The molecule has 0 fully saturated rings. The molecule has 90 valence electrons. The van der Waals surface area contributed by atoms with Gasteiger partial charge >= 0.3 is 0 Å². The van der Waals surface area contributed by atoms with Gasteiger partial charge in [0.15, 0.2) is 0 Å². The highest BCUT2D eigenvalue weighted by molar-refractivity contribution is 5.23. The molecule has 2 heteroatoms. The lowest BCUT2D eigenvalue weighted by Crippen LogP contribution is -2.43. The van der Waals surface area contributed by atoms with E-state index < -0.39 is 0 Å². The lowest BCUT2D eigenvalue weighted by atomic mass is 9.90. The third-order valence-electron chi connectivity index (χ3n) is 3.42. The minimum atomic E-state index is 0.165. The van der Waals surface area contributed by atoms with E-state index in [4.69, 9.17) is 5.73 Å². The molecule has 0 aromatic heterocycles. The van der Waals surface area contributed by atoms with Gasteiger partial charge in [-0.05, 0) is 30.9 Å². The molecule has 0 bridgehead atoms. The van der Waals surface area contributed by atoms with Gasteiger partial charge in [-0.15, -0.1) is 0 Å². The topological polar surface area (TPSA) is 38.0 Å². The van der Waals surface area contributed by atoms with E-state index in [1.165, 1.54) is 11.1 Å². The molecule has 0 heterocycles. The van der Waals surface area contributed by atoms with Crippen LogP contribution >= 0.6 is 0 Å². The van der Waals surface area contributed by atoms with Crippen molar-refractivity contribution < 1.29 is 0 Å². The molecule has 1 aromatic rings. The molecule has 0 spiro atoms. The van der Waals surface area contributed by atoms with Crippen LogP contribution < -0.4 is 11.1 Å². The number of nitrogens with two attached hydrogens (primary N) is 1. The largest absolute Gasteiger partial charge is 0.326 e. The van der Waals surface area contributed by atoms with Crippen LogP contribution in [0.15, 0.2) is 24.3 Å². The van der Waals surface area contributed by atoms with E-state index in [9.17, 15) is 0 Å². The maximum atomic E-state index is 5.63. The smallest absolute Gasteiger partial charge is 0.0210 e. The molecule has 0 aliphatic rings. The standard InChI is InChI=1S/C14H24N2/c1-11(2)14(3,4)16-10-13-7-5-6-12(8-13)9-15/h5-8,11,16H,9-10,15H2,1-4H3. The predicted octanol–water partition coefficient (Wildman–Crippen LogP) is 2.67. The lowest BCUT2D eigenvalue weighted by molar-refractivity contribution is 0.286. The zero-order chi connectivity index (χ0) is 12.2. The fraction of sp³-hybridized carbons (Fsp3) is 0.571. The molecule has 0 aliphatic heterocycles. The fourth-order valence-electron chi connectivity index (χ4n) is 1.40. The summed E-state index contributed by atoms with van der Waals surface area (Å²) in [5.74, 6) is 0.616. The molecule has 0 aliphatic carbocycles. The highest BCUT2D eigenvalue weighted by Gasteiger charge is 2.20. The predicted molar refractivity (Wildman–Crippen MR) is 70.1 cm³/mol. The van der Waals surface area contributed by atoms with Gasteiger partial charge in [-0.2, -0.15) is 0 Å². The SMILES string of the molecule is CC(C)C(C)(C)NCc1cccc(CN)c1. The van der Waals surface area contributed by atoms with Crippen molar-refractivity contribution in [3.05, 3.63) is 35.4 Å². The molecule has 0 radical (unpaired) electrons. The second-order valence-corrected chi connectivity index (χ2v) is 5.25. The fourth-order valence-corrected chi connectivity index (χ4v) is 1.40. The molecule has 3 N–H and O–H groups in total. The van der Waals surface area contributed by atoms with E-state index in [2.05, 4.69) is 57.3 Å². The molecule has 0 amide bonds. The van der Waals surface area contributed by atoms with Gasteiger partial charge in [0, 0.05) is 18.6 Å². The van der Waals surface area contributed by atoms with Crippen LogP contribution in [-0.2, 0) is 13.1 Å². The summed E-state index contributed by atoms with van der Waals surface area (Å²) in [6.45, 7) is 10.5. The van der Waals surface area contributed by atoms with Crippen LogP contribution in [0, 0.1) is 5.92 Å². The highest BCUT2D eigenvalue weighted by Crippen LogP contribution is 2.16. The first kappa shape index (κ1) is 13.2. The monoisotopic (exact) mass is 220 g/mol. The average Bonchev–Trinajstić information content (AvgIpc) is 2.26. The van der Waals surface area contributed by atoms with Crippen molar-refractivity contribution in [1.29, 1.82) is 0 Å². The number of rotatable bonds is 5. The third kappa shape index (κ3) is 3.62. The first-order chi connectivity index (χ1) is 7.45. The summed E-state index contributed by atoms with van der Waals surface area (Å²) in [4.78, 5) is 0. The van der Waals surface area contributed by atoms with Crippen LogP contribution in [0.5, 0.6) is 0 Å². The van der Waals surface area contributed by atoms with E-state index >= 15 is 0 Å². The molecule has 0 saturated heterocycles. The molecule has 1 aromatic carbocycles. The number of benzene rings is 1. The van der Waals surface area contributed by atoms with Crippen LogP contribution in [0.1, 0.15) is 38.8 Å². The van der Waals surface area contributed by atoms with Crippen molar-refractivity contribution in [3.8, 4) is 0 Å². The van der Waals surface area contributed by atoms with Crippen LogP contribution in [0.3, 0.4) is 0 Å². The summed E-state index contributed by atoms with van der Waals surface area (Å²) in [6, 6.07) is 8.45. The summed E-state index contributed by atoms with van der Waals surface area (Å²) in [7, 11) is 0. The average molecular weight is 220 g/mol. The summed E-state index contributed by atoms with van der Waals surface area (Å²) < 4.78 is 0. The second kappa shape index (κ2) is 5.46. The maximum Gasteiger partial charge on any atom is 0.0210 e. The molecular formula is C14H24N2. The van der Waals surface area contributed by atoms with Gasteiger partial charge in [-0.3, -0.25) is 0 Å². The van der Waals surface area contributed by atoms with E-state index in [0.717, 1.165) is 6.54 Å². The molecule has 0 unspecified atom stereocenters. The lowest BCUT2D eigenvalue weighted by Gasteiger charge is -2.31. The van der Waals surface area contributed by atoms with Crippen molar-refractivity contribution in [2.75, 3.05) is 0 Å². The Bertz CT molecular complexity index is 329. The van der Waals surface area contributed by atoms with Gasteiger partial charge in [0.2, 0.25) is 0 Å². The molecule has 1 rings (SSSR count). The van der Waals surface area contributed by atoms with Crippen molar-refractivity contribution in [3.63, 3.8) is 0 Å². The zero-order valence-electron chi connectivity index (χ0n) is 10.9. The third-order valence-corrected chi connectivity index (χ3v) is 3.42. The molecule has 0 atom stereocenters. The van der Waals surface area contributed by atoms with Gasteiger partial charge in [0.25, 0.3) is 0 Å². The summed E-state index contributed by atoms with van der Waals surface area (Å²) in [5, 5.41) is 3.59. The van der Waals surface area contributed by atoms with E-state index in [1.807, 2.05) is 0 Å². The van der Waals surface area contributed by atoms with Gasteiger partial charge in [-0.25, -0.2) is 0 Å². The van der Waals surface area contributed by atoms with Gasteiger partial charge in [0.05, 0.1) is 0 Å². The Morgan fingerprint density at radius 3 is 2.44 bits per heavy atom. The Labute approximate surface area is 99.2 Å². The minimum Gasteiger partial charge on any atom is -0.326 e. The Balaban J connectivity index is 2.60. The van der Waals surface area contributed by atoms with Crippen molar-refractivity contribution >= 4 is 0 Å². The highest BCUT2D eigenvalue weighted by atomic mass is 15.0. The van der Waals surface area contributed by atoms with Gasteiger partial charge < -0.3 is 11.1 Å². The van der Waals surface area contributed by atoms with Crippen molar-refractivity contribution in [2.45, 2.75) is 46.3 Å². The normalized spacial score (nSPS) is 12.1. The minimum absolute atomic E-state index is 0.165. The Hall–Kier alpha value is -0.860. The quantitative estimate of drug-likeness (QED) is 0.800. The van der Waals surface area contributed by atoms with E-state index in [0.29, 0.717) is 12.5 Å². The Morgan fingerprint density at radius 1 is 1.25 bits per heavy atom. The van der Waals surface area contributed by atoms with Crippen LogP contribution in [0.25, 0.3) is 0 Å². The zero-order valence-corrected chi connectivity index (χ0v) is 10.9.